The maximum atomic E-state index is 13.6. The summed E-state index contributed by atoms with van der Waals surface area (Å²) in [5.41, 5.74) is 7.96. The van der Waals surface area contributed by atoms with E-state index < -0.39 is 0 Å². The first-order chi connectivity index (χ1) is 14.1. The van der Waals surface area contributed by atoms with Crippen LogP contribution in [-0.2, 0) is 18.4 Å². The molecule has 2 aliphatic heterocycles. The van der Waals surface area contributed by atoms with E-state index >= 15 is 0 Å². The number of hydrogen-bond donors (Lipinski definition) is 1. The first-order valence-electron chi connectivity index (χ1n) is 10.8. The fourth-order valence-electron chi connectivity index (χ4n) is 5.75. The van der Waals surface area contributed by atoms with Gasteiger partial charge in [-0.05, 0) is 23.8 Å². The number of carbonyl (C=O) groups excluding carboxylic acids is 1. The Morgan fingerprint density at radius 1 is 1.21 bits per heavy atom. The first kappa shape index (κ1) is 18.8. The monoisotopic (exact) mass is 393 g/mol. The number of nitrogens with two attached hydrogens (primary N) is 1. The Morgan fingerprint density at radius 3 is 2.66 bits per heavy atom. The molecule has 6 heteroatoms. The highest BCUT2D eigenvalue weighted by Crippen LogP contribution is 2.52. The van der Waals surface area contributed by atoms with Crippen LogP contribution in [0.4, 0.5) is 0 Å². The van der Waals surface area contributed by atoms with Crippen molar-refractivity contribution in [3.63, 3.8) is 0 Å². The van der Waals surface area contributed by atoms with E-state index in [2.05, 4.69) is 40.2 Å². The predicted octanol–water partition coefficient (Wildman–Crippen LogP) is 1.98. The molecular weight excluding hydrogens is 362 g/mol. The van der Waals surface area contributed by atoms with E-state index in [4.69, 9.17) is 5.73 Å². The molecule has 0 radical (unpaired) electrons. The average molecular weight is 394 g/mol. The summed E-state index contributed by atoms with van der Waals surface area (Å²) >= 11 is 0. The minimum absolute atomic E-state index is 0.0424. The van der Waals surface area contributed by atoms with Gasteiger partial charge in [-0.2, -0.15) is 0 Å². The van der Waals surface area contributed by atoms with Crippen LogP contribution in [0, 0.1) is 11.3 Å². The van der Waals surface area contributed by atoms with Crippen LogP contribution in [0.15, 0.2) is 42.7 Å². The zero-order valence-electron chi connectivity index (χ0n) is 17.2. The lowest BCUT2D eigenvalue weighted by atomic mass is 9.62. The van der Waals surface area contributed by atoms with Gasteiger partial charge in [0.05, 0.1) is 11.8 Å². The topological polar surface area (TPSA) is 67.4 Å². The molecule has 1 amide bonds. The molecule has 1 aliphatic carbocycles. The quantitative estimate of drug-likeness (QED) is 0.863. The van der Waals surface area contributed by atoms with Crippen LogP contribution in [0.5, 0.6) is 0 Å². The molecule has 3 aliphatic rings. The highest BCUT2D eigenvalue weighted by Gasteiger charge is 2.54. The van der Waals surface area contributed by atoms with E-state index in [-0.39, 0.29) is 23.3 Å². The Hall–Kier alpha value is -2.18. The van der Waals surface area contributed by atoms with Crippen molar-refractivity contribution in [2.24, 2.45) is 24.1 Å². The van der Waals surface area contributed by atoms with Crippen molar-refractivity contribution in [3.8, 4) is 0 Å². The third-order valence-electron chi connectivity index (χ3n) is 7.48. The molecule has 1 unspecified atom stereocenters. The molecule has 29 heavy (non-hydrogen) atoms. The number of nitrogens with zero attached hydrogens (tertiary/aromatic N) is 4. The Bertz CT molecular complexity index is 874. The zero-order chi connectivity index (χ0) is 20.0. The van der Waals surface area contributed by atoms with Gasteiger partial charge in [-0.15, -0.1) is 0 Å². The van der Waals surface area contributed by atoms with E-state index in [1.54, 1.807) is 0 Å². The second-order valence-corrected chi connectivity index (χ2v) is 9.33. The van der Waals surface area contributed by atoms with Gasteiger partial charge < -0.3 is 15.2 Å². The largest absolute Gasteiger partial charge is 0.340 e. The van der Waals surface area contributed by atoms with E-state index in [1.165, 1.54) is 24.8 Å². The Morgan fingerprint density at radius 2 is 2.00 bits per heavy atom. The molecule has 0 bridgehead atoms. The molecule has 3 atom stereocenters. The van der Waals surface area contributed by atoms with Crippen molar-refractivity contribution in [3.05, 3.63) is 54.1 Å². The van der Waals surface area contributed by atoms with E-state index in [0.717, 1.165) is 25.5 Å². The molecule has 3 fully saturated rings. The lowest BCUT2D eigenvalue weighted by Gasteiger charge is -2.43. The Kier molecular flexibility index (Phi) is 4.71. The van der Waals surface area contributed by atoms with Crippen LogP contribution in [0.1, 0.15) is 36.6 Å². The van der Waals surface area contributed by atoms with Crippen LogP contribution in [0.25, 0.3) is 0 Å². The average Bonchev–Trinajstić information content (AvgIpc) is 3.38. The number of amides is 1. The van der Waals surface area contributed by atoms with Gasteiger partial charge in [-0.1, -0.05) is 36.8 Å². The molecule has 5 rings (SSSR count). The Balaban J connectivity index is 1.30. The van der Waals surface area contributed by atoms with Gasteiger partial charge in [0, 0.05) is 58.2 Å². The molecule has 2 aromatic rings. The lowest BCUT2D eigenvalue weighted by Crippen LogP contribution is -2.46. The van der Waals surface area contributed by atoms with Crippen LogP contribution in [-0.4, -0.2) is 57.5 Å². The maximum absolute atomic E-state index is 13.6. The molecule has 154 valence electrons. The van der Waals surface area contributed by atoms with Gasteiger partial charge in [0.1, 0.15) is 5.82 Å². The first-order valence-corrected chi connectivity index (χ1v) is 10.8. The summed E-state index contributed by atoms with van der Waals surface area (Å²) in [6.45, 7) is 4.17. The van der Waals surface area contributed by atoms with Crippen LogP contribution < -0.4 is 5.73 Å². The molecule has 6 nitrogen and oxygen atoms in total. The predicted molar refractivity (Wildman–Crippen MR) is 112 cm³/mol. The second-order valence-electron chi connectivity index (χ2n) is 9.33. The van der Waals surface area contributed by atoms with Crippen molar-refractivity contribution in [2.45, 2.75) is 37.8 Å². The zero-order valence-corrected chi connectivity index (χ0v) is 17.2. The van der Waals surface area contributed by atoms with Crippen molar-refractivity contribution in [1.29, 1.82) is 0 Å². The van der Waals surface area contributed by atoms with Crippen molar-refractivity contribution < 1.29 is 4.79 Å². The highest BCUT2D eigenvalue weighted by atomic mass is 16.2. The van der Waals surface area contributed by atoms with Crippen LogP contribution in [0.3, 0.4) is 0 Å². The summed E-state index contributed by atoms with van der Waals surface area (Å²) in [5.74, 6) is 1.53. The minimum atomic E-state index is -0.0424. The summed E-state index contributed by atoms with van der Waals surface area (Å²) in [4.78, 5) is 22.6. The van der Waals surface area contributed by atoms with Crippen molar-refractivity contribution in [2.75, 3.05) is 26.2 Å². The normalized spacial score (nSPS) is 28.8. The third kappa shape index (κ3) is 3.28. The van der Waals surface area contributed by atoms with Crippen LogP contribution in [0.2, 0.25) is 0 Å². The van der Waals surface area contributed by atoms with Gasteiger partial charge in [0.2, 0.25) is 5.91 Å². The molecule has 1 saturated carbocycles. The summed E-state index contributed by atoms with van der Waals surface area (Å²) in [5, 5.41) is 0. The molecular formula is C23H31N5O. The SMILES string of the molecule is Cn1ccnc1[C@@H]1CN(C(=O)C2CN(Cc3ccccc3)CC23CCC3)C[C@H]1N. The molecule has 2 N–H and O–H groups in total. The van der Waals surface area contributed by atoms with E-state index in [1.807, 2.05) is 28.9 Å². The minimum Gasteiger partial charge on any atom is -0.340 e. The number of imidazole rings is 1. The van der Waals surface area contributed by atoms with Crippen molar-refractivity contribution in [1.82, 2.24) is 19.4 Å². The number of likely N-dealkylation sites (tertiary alicyclic amines) is 2. The van der Waals surface area contributed by atoms with Gasteiger partial charge >= 0.3 is 0 Å². The number of aryl methyl sites for hydroxylation is 1. The van der Waals surface area contributed by atoms with E-state index in [9.17, 15) is 4.79 Å². The molecule has 1 aromatic heterocycles. The van der Waals surface area contributed by atoms with Crippen LogP contribution >= 0.6 is 0 Å². The number of hydrogen-bond acceptors (Lipinski definition) is 4. The molecule has 3 heterocycles. The van der Waals surface area contributed by atoms with Gasteiger partial charge in [-0.25, -0.2) is 4.98 Å². The number of aromatic nitrogens is 2. The van der Waals surface area contributed by atoms with Gasteiger partial charge in [0.25, 0.3) is 0 Å². The highest BCUT2D eigenvalue weighted by molar-refractivity contribution is 5.81. The lowest BCUT2D eigenvalue weighted by molar-refractivity contribution is -0.139. The standard InChI is InChI=1S/C23H31N5O/c1-26-11-10-25-21(26)18-13-28(15-20(18)24)22(29)19-14-27(16-23(19)8-5-9-23)12-17-6-3-2-4-7-17/h2-4,6-7,10-11,18-20H,5,8-9,12-16,24H2,1H3/t18-,19?,20-/m1/s1. The second kappa shape index (κ2) is 7.26. The summed E-state index contributed by atoms with van der Waals surface area (Å²) < 4.78 is 2.03. The van der Waals surface area contributed by atoms with E-state index in [0.29, 0.717) is 19.0 Å². The maximum Gasteiger partial charge on any atom is 0.227 e. The van der Waals surface area contributed by atoms with Crippen molar-refractivity contribution >= 4 is 5.91 Å². The van der Waals surface area contributed by atoms with Gasteiger partial charge in [-0.3, -0.25) is 9.69 Å². The molecule has 1 aromatic carbocycles. The number of rotatable bonds is 4. The number of benzene rings is 1. The third-order valence-corrected chi connectivity index (χ3v) is 7.48. The Labute approximate surface area is 172 Å². The molecule has 1 spiro atoms. The fraction of sp³-hybridized carbons (Fsp3) is 0.565. The summed E-state index contributed by atoms with van der Waals surface area (Å²) in [7, 11) is 2.00. The summed E-state index contributed by atoms with van der Waals surface area (Å²) in [6.07, 6.45) is 7.37. The smallest absolute Gasteiger partial charge is 0.227 e. The van der Waals surface area contributed by atoms with Gasteiger partial charge in [0.15, 0.2) is 0 Å². The number of carbonyl (C=O) groups is 1. The summed E-state index contributed by atoms with van der Waals surface area (Å²) in [6, 6.07) is 10.6. The molecule has 2 saturated heterocycles. The fourth-order valence-corrected chi connectivity index (χ4v) is 5.75.